The van der Waals surface area contributed by atoms with Gasteiger partial charge in [-0.25, -0.2) is 4.79 Å². The first-order chi connectivity index (χ1) is 14.8. The minimum atomic E-state index is -0.491. The summed E-state index contributed by atoms with van der Waals surface area (Å²) in [5.41, 5.74) is 5.89. The summed E-state index contributed by atoms with van der Waals surface area (Å²) in [7, 11) is 0. The van der Waals surface area contributed by atoms with Crippen LogP contribution >= 0.6 is 23.5 Å². The average Bonchev–Trinajstić information content (AvgIpc) is 3.11. The summed E-state index contributed by atoms with van der Waals surface area (Å²) < 4.78 is 5.41. The predicted octanol–water partition coefficient (Wildman–Crippen LogP) is 2.11. The maximum absolute atomic E-state index is 12.7. The lowest BCUT2D eigenvalue weighted by Crippen LogP contribution is -2.37. The van der Waals surface area contributed by atoms with Gasteiger partial charge in [0.25, 0.3) is 5.69 Å². The summed E-state index contributed by atoms with van der Waals surface area (Å²) in [5, 5.41) is 13.3. The van der Waals surface area contributed by atoms with Crippen molar-refractivity contribution in [2.24, 2.45) is 5.73 Å². The lowest BCUT2D eigenvalue weighted by atomic mass is 10.2. The van der Waals surface area contributed by atoms with Gasteiger partial charge in [-0.15, -0.1) is 0 Å². The van der Waals surface area contributed by atoms with Gasteiger partial charge < -0.3 is 20.7 Å². The molecule has 2 rings (SSSR count). The molecule has 0 bridgehead atoms. The Balaban J connectivity index is 1.89. The number of carbonyl (C=O) groups is 3. The number of ether oxygens (including phenoxy) is 1. The Bertz CT molecular complexity index is 792. The van der Waals surface area contributed by atoms with Crippen molar-refractivity contribution >= 4 is 46.3 Å². The quantitative estimate of drug-likeness (QED) is 0.227. The average molecular weight is 471 g/mol. The summed E-state index contributed by atoms with van der Waals surface area (Å²) in [4.78, 5) is 47.5. The second-order valence-corrected chi connectivity index (χ2v) is 9.51. The maximum atomic E-state index is 12.7. The van der Waals surface area contributed by atoms with Crippen LogP contribution in [0.25, 0.3) is 0 Å². The Labute approximate surface area is 188 Å². The van der Waals surface area contributed by atoms with Crippen molar-refractivity contribution in [1.82, 2.24) is 10.2 Å². The molecule has 31 heavy (non-hydrogen) atoms. The maximum Gasteiger partial charge on any atom is 0.410 e. The van der Waals surface area contributed by atoms with Gasteiger partial charge in [-0.1, -0.05) is 11.8 Å². The van der Waals surface area contributed by atoms with Gasteiger partial charge >= 0.3 is 6.09 Å². The van der Waals surface area contributed by atoms with E-state index in [1.165, 1.54) is 30.8 Å². The molecule has 12 heteroatoms. The van der Waals surface area contributed by atoms with Gasteiger partial charge in [0.1, 0.15) is 6.61 Å². The standard InChI is InChI=1S/C19H26N4O6S2/c1-13(24)31-17-8-16(11-30-7-6-18(25)21-12-20)22(9-17)19(26)29-10-14-2-4-15(5-3-14)23(27)28/h2-5,16-17H,6-12,20H2,1H3,(H,21,25)/t16-,17+/m0/s1. The number of hydrogen-bond acceptors (Lipinski definition) is 9. The summed E-state index contributed by atoms with van der Waals surface area (Å²) in [5.74, 6) is 1.10. The van der Waals surface area contributed by atoms with Crippen LogP contribution in [-0.4, -0.2) is 62.9 Å². The van der Waals surface area contributed by atoms with Crippen molar-refractivity contribution in [3.8, 4) is 0 Å². The van der Waals surface area contributed by atoms with E-state index in [1.807, 2.05) is 0 Å². The van der Waals surface area contributed by atoms with Gasteiger partial charge in [0.05, 0.1) is 11.6 Å². The number of thioether (sulfide) groups is 2. The molecule has 0 aliphatic carbocycles. The SMILES string of the molecule is CC(=O)S[C@@H]1C[C@@H](CSCCC(=O)NCN)N(C(=O)OCc2ccc([N+](=O)[O-])cc2)C1. The lowest BCUT2D eigenvalue weighted by molar-refractivity contribution is -0.384. The molecule has 1 aromatic carbocycles. The molecule has 1 heterocycles. The Kier molecular flexibility index (Phi) is 10.1. The van der Waals surface area contributed by atoms with E-state index in [1.54, 1.807) is 28.8 Å². The fourth-order valence-corrected chi connectivity index (χ4v) is 5.21. The van der Waals surface area contributed by atoms with Gasteiger partial charge in [0.2, 0.25) is 5.91 Å². The van der Waals surface area contributed by atoms with Crippen molar-refractivity contribution in [3.63, 3.8) is 0 Å². The molecule has 1 fully saturated rings. The van der Waals surface area contributed by atoms with Gasteiger partial charge in [-0.05, 0) is 24.1 Å². The van der Waals surface area contributed by atoms with E-state index in [9.17, 15) is 24.5 Å². The van der Waals surface area contributed by atoms with Gasteiger partial charge in [0.15, 0.2) is 5.12 Å². The van der Waals surface area contributed by atoms with E-state index in [4.69, 9.17) is 10.5 Å². The number of non-ortho nitro benzene ring substituents is 1. The smallest absolute Gasteiger partial charge is 0.410 e. The highest BCUT2D eigenvalue weighted by Gasteiger charge is 2.37. The van der Waals surface area contributed by atoms with E-state index in [-0.39, 0.29) is 41.3 Å². The monoisotopic (exact) mass is 470 g/mol. The number of nitrogens with zero attached hydrogens (tertiary/aromatic N) is 2. The van der Waals surface area contributed by atoms with E-state index >= 15 is 0 Å². The van der Waals surface area contributed by atoms with Crippen LogP contribution in [0.3, 0.4) is 0 Å². The molecule has 1 aliphatic heterocycles. The van der Waals surface area contributed by atoms with E-state index in [0.29, 0.717) is 36.5 Å². The molecule has 0 unspecified atom stereocenters. The van der Waals surface area contributed by atoms with Crippen LogP contribution in [0.4, 0.5) is 10.5 Å². The van der Waals surface area contributed by atoms with E-state index < -0.39 is 11.0 Å². The largest absolute Gasteiger partial charge is 0.445 e. The van der Waals surface area contributed by atoms with Gasteiger partial charge in [-0.3, -0.25) is 19.7 Å². The van der Waals surface area contributed by atoms with Crippen LogP contribution in [0.2, 0.25) is 0 Å². The number of nitrogens with two attached hydrogens (primary N) is 1. The Hall–Kier alpha value is -2.31. The zero-order valence-electron chi connectivity index (χ0n) is 17.2. The van der Waals surface area contributed by atoms with Crippen molar-refractivity contribution in [2.45, 2.75) is 37.7 Å². The first-order valence-electron chi connectivity index (χ1n) is 9.68. The molecule has 1 aliphatic rings. The molecule has 3 N–H and O–H groups in total. The van der Waals surface area contributed by atoms with Crippen LogP contribution in [-0.2, 0) is 20.9 Å². The third-order valence-electron chi connectivity index (χ3n) is 4.54. The fourth-order valence-electron chi connectivity index (χ4n) is 3.10. The fraction of sp³-hybridized carbons (Fsp3) is 0.526. The van der Waals surface area contributed by atoms with Crippen LogP contribution in [0, 0.1) is 10.1 Å². The Morgan fingerprint density at radius 1 is 1.32 bits per heavy atom. The minimum Gasteiger partial charge on any atom is -0.445 e. The normalized spacial score (nSPS) is 17.9. The summed E-state index contributed by atoms with van der Waals surface area (Å²) in [6, 6.07) is 5.70. The minimum absolute atomic E-state index is 0.00301. The second-order valence-electron chi connectivity index (χ2n) is 6.88. The topological polar surface area (TPSA) is 145 Å². The Morgan fingerprint density at radius 2 is 2.03 bits per heavy atom. The molecule has 2 amide bonds. The summed E-state index contributed by atoms with van der Waals surface area (Å²) in [6.45, 7) is 2.00. The summed E-state index contributed by atoms with van der Waals surface area (Å²) in [6.07, 6.45) is 0.514. The second kappa shape index (κ2) is 12.5. The number of carbonyl (C=O) groups excluding carboxylic acids is 3. The lowest BCUT2D eigenvalue weighted by Gasteiger charge is -2.23. The van der Waals surface area contributed by atoms with E-state index in [0.717, 1.165) is 0 Å². The number of nitro benzene ring substituents is 1. The zero-order chi connectivity index (χ0) is 22.8. The third-order valence-corrected chi connectivity index (χ3v) is 6.66. The molecule has 0 saturated carbocycles. The van der Waals surface area contributed by atoms with E-state index in [2.05, 4.69) is 5.32 Å². The molecule has 2 atom stereocenters. The molecular weight excluding hydrogens is 444 g/mol. The molecule has 0 aromatic heterocycles. The number of nitro groups is 1. The van der Waals surface area contributed by atoms with Crippen molar-refractivity contribution in [1.29, 1.82) is 0 Å². The van der Waals surface area contributed by atoms with Crippen molar-refractivity contribution < 1.29 is 24.0 Å². The molecule has 0 radical (unpaired) electrons. The highest BCUT2D eigenvalue weighted by atomic mass is 32.2. The Morgan fingerprint density at radius 3 is 2.65 bits per heavy atom. The van der Waals surface area contributed by atoms with Crippen LogP contribution in [0.1, 0.15) is 25.3 Å². The first kappa shape index (κ1) is 25.0. The zero-order valence-corrected chi connectivity index (χ0v) is 18.8. The first-order valence-corrected chi connectivity index (χ1v) is 11.7. The molecular formula is C19H26N4O6S2. The molecule has 170 valence electrons. The number of nitrogens with one attached hydrogen (secondary N) is 1. The molecule has 10 nitrogen and oxygen atoms in total. The van der Waals surface area contributed by atoms with Crippen LogP contribution < -0.4 is 11.1 Å². The van der Waals surface area contributed by atoms with Crippen molar-refractivity contribution in [2.75, 3.05) is 24.7 Å². The number of rotatable bonds is 10. The number of benzene rings is 1. The number of likely N-dealkylation sites (tertiary alicyclic amines) is 1. The highest BCUT2D eigenvalue weighted by molar-refractivity contribution is 8.14. The molecule has 1 saturated heterocycles. The van der Waals surface area contributed by atoms with Crippen molar-refractivity contribution in [3.05, 3.63) is 39.9 Å². The summed E-state index contributed by atoms with van der Waals surface area (Å²) >= 11 is 2.77. The van der Waals surface area contributed by atoms with Crippen LogP contribution in [0.5, 0.6) is 0 Å². The number of amides is 2. The molecule has 1 aromatic rings. The molecule has 0 spiro atoms. The highest BCUT2D eigenvalue weighted by Crippen LogP contribution is 2.30. The third kappa shape index (κ3) is 8.38. The predicted molar refractivity (Wildman–Crippen MR) is 120 cm³/mol. The van der Waals surface area contributed by atoms with Gasteiger partial charge in [-0.2, -0.15) is 11.8 Å². The number of hydrogen-bond donors (Lipinski definition) is 2. The van der Waals surface area contributed by atoms with Crippen LogP contribution in [0.15, 0.2) is 24.3 Å². The van der Waals surface area contributed by atoms with Gasteiger partial charge in [0, 0.05) is 54.8 Å².